The lowest BCUT2D eigenvalue weighted by atomic mass is 9.91. The molecule has 2 fully saturated rings. The van der Waals surface area contributed by atoms with Crippen molar-refractivity contribution in [1.29, 1.82) is 0 Å². The van der Waals surface area contributed by atoms with Gasteiger partial charge in [-0.3, -0.25) is 14.6 Å². The van der Waals surface area contributed by atoms with Crippen LogP contribution in [0.2, 0.25) is 0 Å². The van der Waals surface area contributed by atoms with Gasteiger partial charge >= 0.3 is 0 Å². The molecular formula is C21H31N3O. The summed E-state index contributed by atoms with van der Waals surface area (Å²) in [6.07, 6.45) is 6.29. The Bertz CT molecular complexity index is 618. The average Bonchev–Trinajstić information content (AvgIpc) is 2.60. The van der Waals surface area contributed by atoms with Crippen LogP contribution >= 0.6 is 0 Å². The Labute approximate surface area is 151 Å². The second-order valence-corrected chi connectivity index (χ2v) is 7.92. The molecular weight excluding hydrogens is 310 g/mol. The van der Waals surface area contributed by atoms with E-state index in [0.717, 1.165) is 58.2 Å². The lowest BCUT2D eigenvalue weighted by molar-refractivity contribution is -0.135. The number of carbonyl (C=O) groups is 1. The van der Waals surface area contributed by atoms with E-state index in [-0.39, 0.29) is 0 Å². The number of carbonyl (C=O) groups excluding carboxylic acids is 1. The van der Waals surface area contributed by atoms with Crippen molar-refractivity contribution in [3.05, 3.63) is 34.9 Å². The third-order valence-electron chi connectivity index (χ3n) is 6.39. The number of fused-ring (bicyclic) bond motifs is 1. The average molecular weight is 341 g/mol. The van der Waals surface area contributed by atoms with Gasteiger partial charge in [-0.2, -0.15) is 0 Å². The molecule has 2 heterocycles. The molecule has 0 bridgehead atoms. The van der Waals surface area contributed by atoms with Crippen LogP contribution < -0.4 is 0 Å². The van der Waals surface area contributed by atoms with E-state index in [1.165, 1.54) is 36.0 Å². The van der Waals surface area contributed by atoms with Crippen molar-refractivity contribution in [3.63, 3.8) is 0 Å². The fourth-order valence-electron chi connectivity index (χ4n) is 4.40. The molecule has 0 unspecified atom stereocenters. The number of amides is 1. The lowest BCUT2D eigenvalue weighted by Crippen LogP contribution is -2.55. The number of benzene rings is 1. The highest BCUT2D eigenvalue weighted by Gasteiger charge is 2.30. The Kier molecular flexibility index (Phi) is 5.09. The molecule has 0 aromatic heterocycles. The van der Waals surface area contributed by atoms with Crippen LogP contribution in [0.5, 0.6) is 0 Å². The molecule has 1 aromatic carbocycles. The maximum atomic E-state index is 12.7. The fourth-order valence-corrected chi connectivity index (χ4v) is 4.40. The third-order valence-corrected chi connectivity index (χ3v) is 6.39. The Morgan fingerprint density at radius 1 is 1.08 bits per heavy atom. The molecule has 3 aliphatic rings. The molecule has 0 spiro atoms. The van der Waals surface area contributed by atoms with Gasteiger partial charge in [-0.1, -0.05) is 31.5 Å². The minimum absolute atomic E-state index is 0.321. The molecule has 4 rings (SSSR count). The smallest absolute Gasteiger partial charge is 0.236 e. The zero-order chi connectivity index (χ0) is 17.2. The molecule has 25 heavy (non-hydrogen) atoms. The van der Waals surface area contributed by atoms with Crippen LogP contribution in [0.4, 0.5) is 0 Å². The van der Waals surface area contributed by atoms with Crippen LogP contribution in [0.1, 0.15) is 42.9 Å². The molecule has 0 N–H and O–H groups in total. The van der Waals surface area contributed by atoms with Gasteiger partial charge in [0.2, 0.25) is 5.91 Å². The first kappa shape index (κ1) is 17.0. The molecule has 1 saturated heterocycles. The van der Waals surface area contributed by atoms with E-state index < -0.39 is 0 Å². The van der Waals surface area contributed by atoms with Gasteiger partial charge in [0.25, 0.3) is 0 Å². The maximum absolute atomic E-state index is 12.7. The summed E-state index contributed by atoms with van der Waals surface area (Å²) < 4.78 is 0. The van der Waals surface area contributed by atoms with E-state index in [1.807, 2.05) is 0 Å². The van der Waals surface area contributed by atoms with Crippen LogP contribution in [0.3, 0.4) is 0 Å². The summed E-state index contributed by atoms with van der Waals surface area (Å²) in [5, 5.41) is 0. The van der Waals surface area contributed by atoms with Gasteiger partial charge in [-0.15, -0.1) is 0 Å². The van der Waals surface area contributed by atoms with E-state index in [1.54, 1.807) is 0 Å². The van der Waals surface area contributed by atoms with Gasteiger partial charge in [0.15, 0.2) is 0 Å². The van der Waals surface area contributed by atoms with Crippen LogP contribution in [-0.2, 0) is 24.2 Å². The summed E-state index contributed by atoms with van der Waals surface area (Å²) >= 11 is 0. The zero-order valence-corrected chi connectivity index (χ0v) is 15.5. The van der Waals surface area contributed by atoms with Gasteiger partial charge in [0, 0.05) is 45.3 Å². The molecule has 136 valence electrons. The fraction of sp³-hybridized carbons (Fsp3) is 0.667. The number of rotatable bonds is 4. The molecule has 1 aliphatic carbocycles. The molecule has 1 saturated carbocycles. The predicted molar refractivity (Wildman–Crippen MR) is 101 cm³/mol. The Balaban J connectivity index is 1.28. The third kappa shape index (κ3) is 3.75. The van der Waals surface area contributed by atoms with Crippen molar-refractivity contribution in [2.24, 2.45) is 0 Å². The Hall–Kier alpha value is -1.39. The SMILES string of the molecule is CCc1ccc2c(c1)CCN(CC(=O)N1CCN(C3CCC3)CC1)C2. The summed E-state index contributed by atoms with van der Waals surface area (Å²) in [6.45, 7) is 8.69. The van der Waals surface area contributed by atoms with Gasteiger partial charge in [0.05, 0.1) is 6.54 Å². The van der Waals surface area contributed by atoms with E-state index >= 15 is 0 Å². The number of piperazine rings is 1. The first-order chi connectivity index (χ1) is 12.2. The Morgan fingerprint density at radius 2 is 1.88 bits per heavy atom. The van der Waals surface area contributed by atoms with E-state index in [2.05, 4.69) is 39.8 Å². The summed E-state index contributed by atoms with van der Waals surface area (Å²) in [4.78, 5) is 19.7. The highest BCUT2D eigenvalue weighted by atomic mass is 16.2. The van der Waals surface area contributed by atoms with E-state index in [9.17, 15) is 4.79 Å². The van der Waals surface area contributed by atoms with E-state index in [4.69, 9.17) is 0 Å². The first-order valence-corrected chi connectivity index (χ1v) is 10.1. The van der Waals surface area contributed by atoms with Gasteiger partial charge in [-0.05, 0) is 42.4 Å². The molecule has 0 radical (unpaired) electrons. The van der Waals surface area contributed by atoms with Gasteiger partial charge in [-0.25, -0.2) is 0 Å². The van der Waals surface area contributed by atoms with Crippen molar-refractivity contribution < 1.29 is 4.79 Å². The summed E-state index contributed by atoms with van der Waals surface area (Å²) in [7, 11) is 0. The minimum atomic E-state index is 0.321. The lowest BCUT2D eigenvalue weighted by Gasteiger charge is -2.43. The van der Waals surface area contributed by atoms with Gasteiger partial charge < -0.3 is 4.90 Å². The quantitative estimate of drug-likeness (QED) is 0.841. The van der Waals surface area contributed by atoms with Crippen molar-refractivity contribution in [2.45, 2.75) is 51.6 Å². The number of aryl methyl sites for hydroxylation is 1. The first-order valence-electron chi connectivity index (χ1n) is 10.1. The van der Waals surface area contributed by atoms with Crippen molar-refractivity contribution in [3.8, 4) is 0 Å². The second kappa shape index (κ2) is 7.46. The standard InChI is InChI=1S/C21H31N3O/c1-2-17-6-7-19-15-22(9-8-18(19)14-17)16-21(25)24-12-10-23(11-13-24)20-4-3-5-20/h6-7,14,20H,2-5,8-13,15-16H2,1H3. The van der Waals surface area contributed by atoms with E-state index in [0.29, 0.717) is 12.5 Å². The Morgan fingerprint density at radius 3 is 2.56 bits per heavy atom. The monoisotopic (exact) mass is 341 g/mol. The van der Waals surface area contributed by atoms with Crippen LogP contribution in [0.25, 0.3) is 0 Å². The number of hydrogen-bond donors (Lipinski definition) is 0. The topological polar surface area (TPSA) is 26.8 Å². The normalized spacial score (nSPS) is 22.5. The highest BCUT2D eigenvalue weighted by molar-refractivity contribution is 5.78. The molecule has 2 aliphatic heterocycles. The summed E-state index contributed by atoms with van der Waals surface area (Å²) in [5.41, 5.74) is 4.32. The molecule has 0 atom stereocenters. The van der Waals surface area contributed by atoms with Crippen LogP contribution in [-0.4, -0.2) is 65.9 Å². The molecule has 1 amide bonds. The predicted octanol–water partition coefficient (Wildman–Crippen LogP) is 2.30. The zero-order valence-electron chi connectivity index (χ0n) is 15.5. The van der Waals surface area contributed by atoms with Crippen LogP contribution in [0.15, 0.2) is 18.2 Å². The highest BCUT2D eigenvalue weighted by Crippen LogP contribution is 2.25. The summed E-state index contributed by atoms with van der Waals surface area (Å²) in [5.74, 6) is 0.321. The van der Waals surface area contributed by atoms with Crippen molar-refractivity contribution in [1.82, 2.24) is 14.7 Å². The van der Waals surface area contributed by atoms with Crippen LogP contribution in [0, 0.1) is 0 Å². The summed E-state index contributed by atoms with van der Waals surface area (Å²) in [6, 6.07) is 7.67. The molecule has 4 heteroatoms. The second-order valence-electron chi connectivity index (χ2n) is 7.92. The number of nitrogens with zero attached hydrogens (tertiary/aromatic N) is 3. The largest absolute Gasteiger partial charge is 0.339 e. The van der Waals surface area contributed by atoms with Crippen molar-refractivity contribution >= 4 is 5.91 Å². The molecule has 4 nitrogen and oxygen atoms in total. The van der Waals surface area contributed by atoms with Crippen molar-refractivity contribution in [2.75, 3.05) is 39.3 Å². The number of hydrogen-bond acceptors (Lipinski definition) is 3. The van der Waals surface area contributed by atoms with Gasteiger partial charge in [0.1, 0.15) is 0 Å². The maximum Gasteiger partial charge on any atom is 0.236 e. The minimum Gasteiger partial charge on any atom is -0.339 e. The molecule has 1 aromatic rings.